The Kier molecular flexibility index (Phi) is 8.83. The molecule has 37 heavy (non-hydrogen) atoms. The second-order valence-corrected chi connectivity index (χ2v) is 10.0. The maximum atomic E-state index is 13.4. The molecule has 3 aromatic rings. The molecule has 1 N–H and O–H groups in total. The Morgan fingerprint density at radius 2 is 1.68 bits per heavy atom. The van der Waals surface area contributed by atoms with E-state index in [9.17, 15) is 18.0 Å². The number of carbonyl (C=O) groups is 1. The third kappa shape index (κ3) is 6.31. The molecule has 0 fully saturated rings. The monoisotopic (exact) mass is 514 g/mol. The summed E-state index contributed by atoms with van der Waals surface area (Å²) in [6.45, 7) is 2.73. The number of alkyl halides is 3. The van der Waals surface area contributed by atoms with Gasteiger partial charge in [0.25, 0.3) is 0 Å². The van der Waals surface area contributed by atoms with Crippen molar-refractivity contribution < 1.29 is 22.7 Å². The summed E-state index contributed by atoms with van der Waals surface area (Å²) in [6, 6.07) is 10.6. The van der Waals surface area contributed by atoms with E-state index in [0.717, 1.165) is 59.3 Å². The summed E-state index contributed by atoms with van der Waals surface area (Å²) in [5.74, 6) is 0.798. The zero-order valence-electron chi connectivity index (χ0n) is 21.8. The molecule has 0 aliphatic carbocycles. The van der Waals surface area contributed by atoms with Crippen molar-refractivity contribution in [3.8, 4) is 5.75 Å². The molecule has 0 bridgehead atoms. The van der Waals surface area contributed by atoms with Crippen LogP contribution in [0, 0.1) is 0 Å². The first-order valence-corrected chi connectivity index (χ1v) is 13.5. The van der Waals surface area contributed by atoms with Crippen molar-refractivity contribution in [3.63, 3.8) is 0 Å². The Labute approximate surface area is 217 Å². The number of ether oxygens (including phenoxy) is 1. The van der Waals surface area contributed by atoms with Crippen LogP contribution >= 0.6 is 0 Å². The normalized spacial score (nSPS) is 15.7. The predicted octanol–water partition coefficient (Wildman–Crippen LogP) is 8.20. The van der Waals surface area contributed by atoms with Crippen molar-refractivity contribution in [2.45, 2.75) is 83.4 Å². The smallest absolute Gasteiger partial charge is 0.416 e. The van der Waals surface area contributed by atoms with Crippen molar-refractivity contribution >= 4 is 16.8 Å². The van der Waals surface area contributed by atoms with Crippen LogP contribution in [0.1, 0.15) is 93.1 Å². The van der Waals surface area contributed by atoms with Crippen LogP contribution < -0.4 is 4.74 Å². The maximum absolute atomic E-state index is 13.4. The summed E-state index contributed by atoms with van der Waals surface area (Å²) < 4.78 is 45.1. The molecule has 0 spiro atoms. The van der Waals surface area contributed by atoms with E-state index in [0.29, 0.717) is 24.9 Å². The van der Waals surface area contributed by atoms with Gasteiger partial charge in [-0.15, -0.1) is 0 Å². The Hall–Kier alpha value is -2.96. The molecule has 0 unspecified atom stereocenters. The molecule has 0 radical (unpaired) electrons. The van der Waals surface area contributed by atoms with E-state index in [4.69, 9.17) is 4.74 Å². The maximum Gasteiger partial charge on any atom is 0.416 e. The quantitative estimate of drug-likeness (QED) is 0.262. The van der Waals surface area contributed by atoms with E-state index in [1.54, 1.807) is 7.11 Å². The number of amides is 1. The van der Waals surface area contributed by atoms with Gasteiger partial charge in [-0.25, -0.2) is 0 Å². The fourth-order valence-corrected chi connectivity index (χ4v) is 5.42. The van der Waals surface area contributed by atoms with Crippen LogP contribution in [0.2, 0.25) is 0 Å². The van der Waals surface area contributed by atoms with Gasteiger partial charge < -0.3 is 14.6 Å². The standard InChI is InChI=1S/C30H37F3N2O2/c1-3-4-5-6-7-8-9-10-11-27(36)35-19-18-24-25-20-23(37-2)16-17-26(25)34-28(24)29(35)21-12-14-22(15-13-21)30(31,32)33/h12-17,20,29,34H,3-11,18-19H2,1-2H3/t29-/m1/s1. The van der Waals surface area contributed by atoms with Gasteiger partial charge in [-0.05, 0) is 54.3 Å². The van der Waals surface area contributed by atoms with Gasteiger partial charge in [0, 0.05) is 29.6 Å². The number of fused-ring (bicyclic) bond motifs is 3. The third-order valence-corrected chi connectivity index (χ3v) is 7.45. The van der Waals surface area contributed by atoms with Gasteiger partial charge in [0.1, 0.15) is 5.75 Å². The van der Waals surface area contributed by atoms with Gasteiger partial charge in [0.15, 0.2) is 0 Å². The molecule has 4 rings (SSSR count). The molecule has 4 nitrogen and oxygen atoms in total. The number of carbonyl (C=O) groups excluding carboxylic acids is 1. The molecule has 1 atom stereocenters. The number of nitrogens with zero attached hydrogens (tertiary/aromatic N) is 1. The van der Waals surface area contributed by atoms with Crippen molar-refractivity contribution in [1.29, 1.82) is 0 Å². The molecular weight excluding hydrogens is 477 g/mol. The number of rotatable bonds is 11. The van der Waals surface area contributed by atoms with Crippen LogP contribution in [0.4, 0.5) is 13.2 Å². The van der Waals surface area contributed by atoms with Crippen molar-refractivity contribution in [3.05, 3.63) is 64.8 Å². The molecule has 1 aliphatic heterocycles. The molecular formula is C30H37F3N2O2. The number of H-pyrrole nitrogens is 1. The SMILES string of the molecule is CCCCCCCCCCC(=O)N1CCc2c([nH]c3ccc(OC)cc23)[C@H]1c1ccc(C(F)(F)F)cc1. The largest absolute Gasteiger partial charge is 0.497 e. The van der Waals surface area contributed by atoms with Crippen LogP contribution in [-0.2, 0) is 17.4 Å². The lowest BCUT2D eigenvalue weighted by atomic mass is 9.91. The zero-order chi connectivity index (χ0) is 26.4. The van der Waals surface area contributed by atoms with Crippen LogP contribution in [0.25, 0.3) is 10.9 Å². The van der Waals surface area contributed by atoms with Gasteiger partial charge in [-0.2, -0.15) is 13.2 Å². The van der Waals surface area contributed by atoms with Gasteiger partial charge in [0.05, 0.1) is 18.7 Å². The summed E-state index contributed by atoms with van der Waals surface area (Å²) in [7, 11) is 1.62. The fourth-order valence-electron chi connectivity index (χ4n) is 5.42. The molecule has 7 heteroatoms. The van der Waals surface area contributed by atoms with E-state index >= 15 is 0 Å². The van der Waals surface area contributed by atoms with Crippen molar-refractivity contribution in [2.24, 2.45) is 0 Å². The van der Waals surface area contributed by atoms with Crippen molar-refractivity contribution in [1.82, 2.24) is 9.88 Å². The minimum absolute atomic E-state index is 0.0535. The minimum Gasteiger partial charge on any atom is -0.497 e. The Morgan fingerprint density at radius 3 is 2.32 bits per heavy atom. The van der Waals surface area contributed by atoms with Gasteiger partial charge in [0.2, 0.25) is 5.91 Å². The Bertz CT molecular complexity index is 1180. The first-order chi connectivity index (χ1) is 17.8. The van der Waals surface area contributed by atoms with Gasteiger partial charge in [-0.1, -0.05) is 64.0 Å². The van der Waals surface area contributed by atoms with E-state index in [-0.39, 0.29) is 5.91 Å². The molecule has 2 heterocycles. The van der Waals surface area contributed by atoms with E-state index in [1.165, 1.54) is 44.2 Å². The number of hydrogen-bond acceptors (Lipinski definition) is 2. The van der Waals surface area contributed by atoms with E-state index < -0.39 is 17.8 Å². The predicted molar refractivity (Wildman–Crippen MR) is 141 cm³/mol. The lowest BCUT2D eigenvalue weighted by Crippen LogP contribution is -2.40. The van der Waals surface area contributed by atoms with E-state index in [2.05, 4.69) is 11.9 Å². The first-order valence-electron chi connectivity index (χ1n) is 13.5. The number of halogens is 3. The first kappa shape index (κ1) is 27.1. The number of methoxy groups -OCH3 is 1. The number of benzene rings is 2. The highest BCUT2D eigenvalue weighted by molar-refractivity contribution is 5.88. The van der Waals surface area contributed by atoms with E-state index in [1.807, 2.05) is 23.1 Å². The lowest BCUT2D eigenvalue weighted by Gasteiger charge is -2.36. The summed E-state index contributed by atoms with van der Waals surface area (Å²) >= 11 is 0. The lowest BCUT2D eigenvalue weighted by molar-refractivity contribution is -0.137. The summed E-state index contributed by atoms with van der Waals surface area (Å²) in [5.41, 5.74) is 2.88. The highest BCUT2D eigenvalue weighted by Crippen LogP contribution is 2.40. The number of unbranched alkanes of at least 4 members (excludes halogenated alkanes) is 7. The van der Waals surface area contributed by atoms with Crippen molar-refractivity contribution in [2.75, 3.05) is 13.7 Å². The average Bonchev–Trinajstić information content (AvgIpc) is 3.27. The average molecular weight is 515 g/mol. The molecule has 0 saturated carbocycles. The molecule has 0 saturated heterocycles. The van der Waals surface area contributed by atoms with Crippen LogP contribution in [-0.4, -0.2) is 29.4 Å². The third-order valence-electron chi connectivity index (χ3n) is 7.45. The van der Waals surface area contributed by atoms with Crippen LogP contribution in [0.3, 0.4) is 0 Å². The highest BCUT2D eigenvalue weighted by atomic mass is 19.4. The molecule has 1 aromatic heterocycles. The topological polar surface area (TPSA) is 45.3 Å². The fraction of sp³-hybridized carbons (Fsp3) is 0.500. The number of nitrogens with one attached hydrogen (secondary N) is 1. The minimum atomic E-state index is -4.40. The van der Waals surface area contributed by atoms with Crippen LogP contribution in [0.5, 0.6) is 5.75 Å². The molecule has 1 amide bonds. The highest BCUT2D eigenvalue weighted by Gasteiger charge is 2.35. The Morgan fingerprint density at radius 1 is 1.00 bits per heavy atom. The summed E-state index contributed by atoms with van der Waals surface area (Å²) in [4.78, 5) is 18.7. The second-order valence-electron chi connectivity index (χ2n) is 10.0. The summed E-state index contributed by atoms with van der Waals surface area (Å²) in [6.07, 6.45) is 5.96. The van der Waals surface area contributed by atoms with Crippen LogP contribution in [0.15, 0.2) is 42.5 Å². The zero-order valence-corrected chi connectivity index (χ0v) is 21.8. The Balaban J connectivity index is 1.56. The van der Waals surface area contributed by atoms with Gasteiger partial charge >= 0.3 is 6.18 Å². The number of hydrogen-bond donors (Lipinski definition) is 1. The number of aromatic amines is 1. The molecule has 1 aliphatic rings. The molecule has 200 valence electrons. The molecule has 2 aromatic carbocycles. The second kappa shape index (κ2) is 12.1. The summed E-state index contributed by atoms with van der Waals surface area (Å²) in [5, 5.41) is 1.03. The number of aromatic nitrogens is 1. The van der Waals surface area contributed by atoms with Gasteiger partial charge in [-0.3, -0.25) is 4.79 Å².